The minimum Gasteiger partial charge on any atom is -0.493 e. The van der Waals surface area contributed by atoms with Gasteiger partial charge in [-0.3, -0.25) is 9.36 Å². The van der Waals surface area contributed by atoms with Crippen molar-refractivity contribution in [1.82, 2.24) is 4.57 Å². The third-order valence-corrected chi connectivity index (χ3v) is 8.08. The van der Waals surface area contributed by atoms with E-state index in [1.807, 2.05) is 6.92 Å². The van der Waals surface area contributed by atoms with Gasteiger partial charge in [-0.15, -0.1) is 0 Å². The molecule has 0 aliphatic carbocycles. The molecule has 0 bridgehead atoms. The van der Waals surface area contributed by atoms with Gasteiger partial charge in [0, 0.05) is 5.56 Å². The minimum atomic E-state index is -0.868. The highest BCUT2D eigenvalue weighted by atomic mass is 32.1. The van der Waals surface area contributed by atoms with Crippen LogP contribution in [0.15, 0.2) is 81.7 Å². The summed E-state index contributed by atoms with van der Waals surface area (Å²) in [6, 6.07) is 15.9. The quantitative estimate of drug-likeness (QED) is 0.216. The number of para-hydroxylation sites is 1. The number of fused-ring (bicyclic) bond motifs is 1. The fourth-order valence-electron chi connectivity index (χ4n) is 5.13. The Bertz CT molecular complexity index is 1950. The summed E-state index contributed by atoms with van der Waals surface area (Å²) in [6.07, 6.45) is 1.73. The second-order valence-corrected chi connectivity index (χ2v) is 11.0. The van der Waals surface area contributed by atoms with Gasteiger partial charge < -0.3 is 23.7 Å². The van der Waals surface area contributed by atoms with Crippen LogP contribution in [0.25, 0.3) is 6.08 Å². The van der Waals surface area contributed by atoms with Gasteiger partial charge in [0.15, 0.2) is 27.8 Å². The third kappa shape index (κ3) is 6.48. The van der Waals surface area contributed by atoms with Gasteiger partial charge in [-0.25, -0.2) is 14.2 Å². The summed E-state index contributed by atoms with van der Waals surface area (Å²) < 4.78 is 43.9. The molecule has 4 aromatic rings. The molecule has 0 amide bonds. The lowest BCUT2D eigenvalue weighted by molar-refractivity contribution is -0.139. The highest BCUT2D eigenvalue weighted by Crippen LogP contribution is 2.40. The first-order chi connectivity index (χ1) is 21.8. The maximum atomic E-state index is 14.1. The van der Waals surface area contributed by atoms with Crippen LogP contribution < -0.4 is 33.8 Å². The third-order valence-electron chi connectivity index (χ3n) is 7.10. The monoisotopic (exact) mass is 632 g/mol. The zero-order valence-corrected chi connectivity index (χ0v) is 26.4. The van der Waals surface area contributed by atoms with Crippen LogP contribution >= 0.6 is 11.3 Å². The van der Waals surface area contributed by atoms with E-state index in [0.717, 1.165) is 0 Å². The van der Waals surface area contributed by atoms with Crippen LogP contribution in [0.4, 0.5) is 4.39 Å². The molecule has 0 N–H and O–H groups in total. The van der Waals surface area contributed by atoms with Crippen LogP contribution in [0.3, 0.4) is 0 Å². The van der Waals surface area contributed by atoms with Crippen molar-refractivity contribution >= 4 is 23.4 Å². The van der Waals surface area contributed by atoms with Crippen LogP contribution in [0, 0.1) is 5.82 Å². The molecule has 1 aliphatic heterocycles. The molecule has 9 nitrogen and oxygen atoms in total. The molecule has 0 radical (unpaired) electrons. The second-order valence-electron chi connectivity index (χ2n) is 9.94. The number of esters is 1. The summed E-state index contributed by atoms with van der Waals surface area (Å²) in [4.78, 5) is 32.5. The summed E-state index contributed by atoms with van der Waals surface area (Å²) in [6.45, 7) is 5.96. The lowest BCUT2D eigenvalue weighted by Gasteiger charge is -2.26. The average molecular weight is 633 g/mol. The number of aromatic nitrogens is 1. The molecular formula is C34H33FN2O7S. The van der Waals surface area contributed by atoms with Gasteiger partial charge >= 0.3 is 5.97 Å². The number of thiazole rings is 1. The number of rotatable bonds is 11. The van der Waals surface area contributed by atoms with Crippen LogP contribution in [-0.2, 0) is 16.1 Å². The zero-order valence-electron chi connectivity index (χ0n) is 25.6. The fourth-order valence-corrected chi connectivity index (χ4v) is 6.17. The van der Waals surface area contributed by atoms with E-state index in [1.54, 1.807) is 68.5 Å². The predicted molar refractivity (Wildman–Crippen MR) is 168 cm³/mol. The Hall–Kier alpha value is -4.90. The van der Waals surface area contributed by atoms with Gasteiger partial charge in [0.2, 0.25) is 0 Å². The number of hydrogen-bond acceptors (Lipinski definition) is 9. The molecule has 45 heavy (non-hydrogen) atoms. The molecule has 3 aromatic carbocycles. The van der Waals surface area contributed by atoms with E-state index in [4.69, 9.17) is 23.7 Å². The number of methoxy groups -OCH3 is 2. The molecule has 0 saturated carbocycles. The van der Waals surface area contributed by atoms with Crippen molar-refractivity contribution in [1.29, 1.82) is 0 Å². The van der Waals surface area contributed by atoms with E-state index >= 15 is 0 Å². The van der Waals surface area contributed by atoms with Crippen molar-refractivity contribution in [2.45, 2.75) is 33.4 Å². The Labute approximate surface area is 263 Å². The van der Waals surface area contributed by atoms with E-state index in [2.05, 4.69) is 4.99 Å². The van der Waals surface area contributed by atoms with Crippen molar-refractivity contribution in [2.24, 2.45) is 4.99 Å². The predicted octanol–water partition coefficient (Wildman–Crippen LogP) is 4.93. The lowest BCUT2D eigenvalue weighted by Crippen LogP contribution is -2.40. The average Bonchev–Trinajstić information content (AvgIpc) is 3.33. The van der Waals surface area contributed by atoms with E-state index in [-0.39, 0.29) is 30.2 Å². The number of carbonyl (C=O) groups excluding carboxylic acids is 1. The number of ether oxygens (including phenoxy) is 5. The molecule has 1 aromatic heterocycles. The molecule has 0 saturated heterocycles. The van der Waals surface area contributed by atoms with Crippen LogP contribution in [0.5, 0.6) is 23.0 Å². The van der Waals surface area contributed by atoms with Gasteiger partial charge in [0.25, 0.3) is 5.56 Å². The first-order valence-corrected chi connectivity index (χ1v) is 15.2. The normalized spacial score (nSPS) is 14.4. The molecule has 2 heterocycles. The Morgan fingerprint density at radius 2 is 1.76 bits per heavy atom. The van der Waals surface area contributed by atoms with Crippen molar-refractivity contribution in [3.63, 3.8) is 0 Å². The molecular weight excluding hydrogens is 599 g/mol. The Morgan fingerprint density at radius 3 is 2.47 bits per heavy atom. The van der Waals surface area contributed by atoms with Crippen molar-refractivity contribution in [3.8, 4) is 23.0 Å². The highest BCUT2D eigenvalue weighted by molar-refractivity contribution is 7.07. The highest BCUT2D eigenvalue weighted by Gasteiger charge is 2.36. The molecule has 0 fully saturated rings. The first-order valence-electron chi connectivity index (χ1n) is 14.3. The summed E-state index contributed by atoms with van der Waals surface area (Å²) in [5.41, 5.74) is 2.28. The Kier molecular flexibility index (Phi) is 9.68. The Morgan fingerprint density at radius 1 is 0.978 bits per heavy atom. The van der Waals surface area contributed by atoms with E-state index in [1.165, 1.54) is 42.3 Å². The zero-order chi connectivity index (χ0) is 32.1. The minimum absolute atomic E-state index is 0.155. The maximum absolute atomic E-state index is 14.1. The molecule has 1 atom stereocenters. The van der Waals surface area contributed by atoms with Crippen molar-refractivity contribution in [2.75, 3.05) is 27.4 Å². The maximum Gasteiger partial charge on any atom is 0.338 e. The van der Waals surface area contributed by atoms with Gasteiger partial charge in [-0.1, -0.05) is 41.7 Å². The summed E-state index contributed by atoms with van der Waals surface area (Å²) in [5, 5.41) is 0. The van der Waals surface area contributed by atoms with Crippen LogP contribution in [-0.4, -0.2) is 38.0 Å². The topological polar surface area (TPSA) is 97.6 Å². The Balaban J connectivity index is 1.60. The summed E-state index contributed by atoms with van der Waals surface area (Å²) >= 11 is 1.20. The number of benzene rings is 3. The molecule has 0 spiro atoms. The fraction of sp³-hybridized carbons (Fsp3) is 0.265. The number of hydrogen-bond donors (Lipinski definition) is 0. The lowest BCUT2D eigenvalue weighted by atomic mass is 9.94. The molecule has 1 aliphatic rings. The number of carbonyl (C=O) groups is 1. The molecule has 234 valence electrons. The van der Waals surface area contributed by atoms with Crippen molar-refractivity contribution in [3.05, 3.63) is 114 Å². The van der Waals surface area contributed by atoms with Crippen molar-refractivity contribution < 1.29 is 32.9 Å². The van der Waals surface area contributed by atoms with Gasteiger partial charge in [-0.05, 0) is 68.3 Å². The van der Waals surface area contributed by atoms with E-state index in [9.17, 15) is 14.0 Å². The SMILES string of the molecule is CCOC(=O)C1=C(C)N=c2s/c(=C\c3ccc(OCc4cccc(F)c4)c(OC)c3)c(=O)n2C1c1cccc(OC)c1OCC. The number of halogens is 1. The standard InChI is InChI=1S/C34H33FN2O7S/c1-6-42-31-24(12-9-13-26(31)40-4)30-29(33(39)43-7-2)20(3)36-34-37(30)32(38)28(45-34)18-21-14-15-25(27(17-21)41-5)44-19-22-10-8-11-23(35)16-22/h8-18,30H,6-7,19H2,1-5H3/b28-18-. The molecule has 1 unspecified atom stereocenters. The van der Waals surface area contributed by atoms with Gasteiger partial charge in [0.1, 0.15) is 18.5 Å². The van der Waals surface area contributed by atoms with Crippen LogP contribution in [0.2, 0.25) is 0 Å². The van der Waals surface area contributed by atoms with Crippen LogP contribution in [0.1, 0.15) is 43.5 Å². The summed E-state index contributed by atoms with van der Waals surface area (Å²) in [7, 11) is 3.05. The number of nitrogens with zero attached hydrogens (tertiary/aromatic N) is 2. The van der Waals surface area contributed by atoms with Gasteiger partial charge in [0.05, 0.1) is 43.2 Å². The molecule has 11 heteroatoms. The number of allylic oxidation sites excluding steroid dienone is 1. The van der Waals surface area contributed by atoms with E-state index in [0.29, 0.717) is 61.3 Å². The molecule has 5 rings (SSSR count). The first kappa shape index (κ1) is 31.5. The second kappa shape index (κ2) is 13.8. The smallest absolute Gasteiger partial charge is 0.338 e. The van der Waals surface area contributed by atoms with Gasteiger partial charge in [-0.2, -0.15) is 0 Å². The largest absolute Gasteiger partial charge is 0.493 e. The van der Waals surface area contributed by atoms with E-state index < -0.39 is 12.0 Å². The summed E-state index contributed by atoms with van der Waals surface area (Å²) in [5.74, 6) is 0.910.